The monoisotopic (exact) mass is 287 g/mol. The van der Waals surface area contributed by atoms with Crippen LogP contribution >= 0.6 is 0 Å². The van der Waals surface area contributed by atoms with Crippen LogP contribution in [0.25, 0.3) is 0 Å². The first-order chi connectivity index (χ1) is 10.2. The summed E-state index contributed by atoms with van der Waals surface area (Å²) in [7, 11) is 0. The zero-order chi connectivity index (χ0) is 14.7. The SMILES string of the molecule is O=C(O)C(NC1CCCCCC1)c1cccc(C2CC2)c1. The molecular weight excluding hydrogens is 262 g/mol. The predicted octanol–water partition coefficient (Wildman–Crippen LogP) is 4.00. The number of hydrogen-bond acceptors (Lipinski definition) is 2. The van der Waals surface area contributed by atoms with E-state index < -0.39 is 12.0 Å². The molecule has 1 atom stereocenters. The molecule has 3 nitrogen and oxygen atoms in total. The Hall–Kier alpha value is -1.35. The maximum absolute atomic E-state index is 11.7. The van der Waals surface area contributed by atoms with E-state index in [1.807, 2.05) is 12.1 Å². The fourth-order valence-electron chi connectivity index (χ4n) is 3.40. The topological polar surface area (TPSA) is 49.3 Å². The van der Waals surface area contributed by atoms with Gasteiger partial charge in [-0.25, -0.2) is 0 Å². The van der Waals surface area contributed by atoms with E-state index in [1.54, 1.807) is 0 Å². The Morgan fingerprint density at radius 3 is 2.43 bits per heavy atom. The molecule has 1 aromatic rings. The molecule has 0 amide bonds. The van der Waals surface area contributed by atoms with Gasteiger partial charge in [-0.2, -0.15) is 0 Å². The lowest BCUT2D eigenvalue weighted by atomic mass is 9.99. The summed E-state index contributed by atoms with van der Waals surface area (Å²) in [6.45, 7) is 0. The Morgan fingerprint density at radius 2 is 1.81 bits per heavy atom. The van der Waals surface area contributed by atoms with Crippen LogP contribution in [0.1, 0.15) is 74.5 Å². The quantitative estimate of drug-likeness (QED) is 0.805. The summed E-state index contributed by atoms with van der Waals surface area (Å²) in [5, 5.41) is 13.0. The number of hydrogen-bond donors (Lipinski definition) is 2. The first kappa shape index (κ1) is 14.6. The van der Waals surface area contributed by atoms with Gasteiger partial charge in [0.25, 0.3) is 0 Å². The molecule has 3 heteroatoms. The highest BCUT2D eigenvalue weighted by molar-refractivity contribution is 5.75. The number of carbonyl (C=O) groups is 1. The minimum atomic E-state index is -0.757. The molecule has 0 heterocycles. The summed E-state index contributed by atoms with van der Waals surface area (Å²) < 4.78 is 0. The van der Waals surface area contributed by atoms with Crippen molar-refractivity contribution >= 4 is 5.97 Å². The van der Waals surface area contributed by atoms with Gasteiger partial charge in [-0.05, 0) is 42.7 Å². The van der Waals surface area contributed by atoms with Gasteiger partial charge >= 0.3 is 5.97 Å². The average Bonchev–Trinajstić information content (AvgIpc) is 3.32. The molecule has 2 saturated carbocycles. The van der Waals surface area contributed by atoms with Crippen molar-refractivity contribution < 1.29 is 9.90 Å². The summed E-state index contributed by atoms with van der Waals surface area (Å²) in [4.78, 5) is 11.7. The molecule has 0 radical (unpaired) electrons. The number of aliphatic carboxylic acids is 1. The van der Waals surface area contributed by atoms with Crippen LogP contribution in [0, 0.1) is 0 Å². The van der Waals surface area contributed by atoms with Crippen molar-refractivity contribution in [2.75, 3.05) is 0 Å². The van der Waals surface area contributed by atoms with Gasteiger partial charge in [-0.15, -0.1) is 0 Å². The van der Waals surface area contributed by atoms with E-state index in [0.29, 0.717) is 12.0 Å². The second-order valence-corrected chi connectivity index (χ2v) is 6.57. The average molecular weight is 287 g/mol. The third kappa shape index (κ3) is 3.85. The van der Waals surface area contributed by atoms with Gasteiger partial charge in [0.15, 0.2) is 0 Å². The Bertz CT molecular complexity index is 488. The van der Waals surface area contributed by atoms with Crippen LogP contribution < -0.4 is 5.32 Å². The number of nitrogens with one attached hydrogen (secondary N) is 1. The van der Waals surface area contributed by atoms with Crippen molar-refractivity contribution in [3.63, 3.8) is 0 Å². The van der Waals surface area contributed by atoms with Crippen molar-refractivity contribution in [2.24, 2.45) is 0 Å². The molecule has 3 rings (SSSR count). The standard InChI is InChI=1S/C18H25NO2/c20-18(21)17(19-16-8-3-1-2-4-9-16)15-7-5-6-14(12-15)13-10-11-13/h5-7,12-13,16-17,19H,1-4,8-11H2,(H,20,21). The summed E-state index contributed by atoms with van der Waals surface area (Å²) in [5.74, 6) is -0.0931. The molecule has 21 heavy (non-hydrogen) atoms. The highest BCUT2D eigenvalue weighted by Gasteiger charge is 2.27. The fraction of sp³-hybridized carbons (Fsp3) is 0.611. The highest BCUT2D eigenvalue weighted by atomic mass is 16.4. The Labute approximate surface area is 126 Å². The number of benzene rings is 1. The minimum absolute atomic E-state index is 0.346. The van der Waals surface area contributed by atoms with Crippen LogP contribution in [0.4, 0.5) is 0 Å². The molecule has 0 aromatic heterocycles. The van der Waals surface area contributed by atoms with Crippen molar-refractivity contribution in [1.82, 2.24) is 5.32 Å². The summed E-state index contributed by atoms with van der Waals surface area (Å²) in [6.07, 6.45) is 9.70. The van der Waals surface area contributed by atoms with E-state index in [2.05, 4.69) is 17.4 Å². The fourth-order valence-corrected chi connectivity index (χ4v) is 3.40. The van der Waals surface area contributed by atoms with Gasteiger partial charge in [0.2, 0.25) is 0 Å². The molecule has 2 N–H and O–H groups in total. The molecule has 0 spiro atoms. The van der Waals surface area contributed by atoms with Gasteiger partial charge in [-0.1, -0.05) is 49.9 Å². The minimum Gasteiger partial charge on any atom is -0.480 e. The third-order valence-electron chi connectivity index (χ3n) is 4.80. The van der Waals surface area contributed by atoms with Gasteiger partial charge in [0.1, 0.15) is 6.04 Å². The largest absolute Gasteiger partial charge is 0.480 e. The molecule has 2 aliphatic rings. The van der Waals surface area contributed by atoms with Gasteiger partial charge < -0.3 is 5.11 Å². The molecule has 0 saturated heterocycles. The summed E-state index contributed by atoms with van der Waals surface area (Å²) in [6, 6.07) is 7.97. The Kier molecular flexibility index (Phi) is 4.59. The second kappa shape index (κ2) is 6.61. The van der Waals surface area contributed by atoms with Crippen LogP contribution in [0.3, 0.4) is 0 Å². The maximum Gasteiger partial charge on any atom is 0.325 e. The van der Waals surface area contributed by atoms with Crippen LogP contribution in [-0.2, 0) is 4.79 Å². The van der Waals surface area contributed by atoms with Crippen molar-refractivity contribution in [2.45, 2.75) is 69.4 Å². The molecule has 0 aliphatic heterocycles. The van der Waals surface area contributed by atoms with Crippen LogP contribution in [0.2, 0.25) is 0 Å². The lowest BCUT2D eigenvalue weighted by Gasteiger charge is -2.23. The van der Waals surface area contributed by atoms with Crippen LogP contribution in [-0.4, -0.2) is 17.1 Å². The third-order valence-corrected chi connectivity index (χ3v) is 4.80. The number of carboxylic acids is 1. The van der Waals surface area contributed by atoms with Crippen molar-refractivity contribution in [1.29, 1.82) is 0 Å². The van der Waals surface area contributed by atoms with E-state index in [-0.39, 0.29) is 0 Å². The van der Waals surface area contributed by atoms with E-state index in [0.717, 1.165) is 18.4 Å². The molecule has 2 aliphatic carbocycles. The van der Waals surface area contributed by atoms with Gasteiger partial charge in [0.05, 0.1) is 0 Å². The normalized spacial score (nSPS) is 21.7. The van der Waals surface area contributed by atoms with E-state index >= 15 is 0 Å². The van der Waals surface area contributed by atoms with E-state index in [9.17, 15) is 9.90 Å². The maximum atomic E-state index is 11.7. The number of carboxylic acid groups (broad SMARTS) is 1. The van der Waals surface area contributed by atoms with Crippen LogP contribution in [0.15, 0.2) is 24.3 Å². The van der Waals surface area contributed by atoms with Crippen molar-refractivity contribution in [3.05, 3.63) is 35.4 Å². The second-order valence-electron chi connectivity index (χ2n) is 6.57. The van der Waals surface area contributed by atoms with Gasteiger partial charge in [-0.3, -0.25) is 10.1 Å². The summed E-state index contributed by atoms with van der Waals surface area (Å²) >= 11 is 0. The molecular formula is C18H25NO2. The first-order valence-corrected chi connectivity index (χ1v) is 8.33. The Balaban J connectivity index is 1.73. The first-order valence-electron chi connectivity index (χ1n) is 8.33. The van der Waals surface area contributed by atoms with Crippen molar-refractivity contribution in [3.8, 4) is 0 Å². The van der Waals surface area contributed by atoms with E-state index in [4.69, 9.17) is 0 Å². The number of rotatable bonds is 5. The van der Waals surface area contributed by atoms with E-state index in [1.165, 1.54) is 44.1 Å². The molecule has 1 aromatic carbocycles. The zero-order valence-electron chi connectivity index (χ0n) is 12.6. The Morgan fingerprint density at radius 1 is 1.10 bits per heavy atom. The predicted molar refractivity (Wildman–Crippen MR) is 83.4 cm³/mol. The highest BCUT2D eigenvalue weighted by Crippen LogP contribution is 2.40. The molecule has 0 bridgehead atoms. The van der Waals surface area contributed by atoms with Gasteiger partial charge in [0, 0.05) is 6.04 Å². The molecule has 1 unspecified atom stereocenters. The summed E-state index contributed by atoms with van der Waals surface area (Å²) in [5.41, 5.74) is 2.22. The molecule has 2 fully saturated rings. The lowest BCUT2D eigenvalue weighted by Crippen LogP contribution is -2.36. The van der Waals surface area contributed by atoms with Crippen LogP contribution in [0.5, 0.6) is 0 Å². The zero-order valence-corrected chi connectivity index (χ0v) is 12.6. The molecule has 114 valence electrons. The lowest BCUT2D eigenvalue weighted by molar-refractivity contribution is -0.140. The smallest absolute Gasteiger partial charge is 0.325 e.